The Hall–Kier alpha value is -2.20. The van der Waals surface area contributed by atoms with Crippen molar-refractivity contribution in [3.8, 4) is 0 Å². The number of hydrogen-bond acceptors (Lipinski definition) is 3. The first-order valence-corrected chi connectivity index (χ1v) is 7.26. The number of aryl methyl sites for hydroxylation is 2. The second-order valence-electron chi connectivity index (χ2n) is 4.85. The Morgan fingerprint density at radius 1 is 1.19 bits per heavy atom. The van der Waals surface area contributed by atoms with E-state index in [9.17, 15) is 4.79 Å². The van der Waals surface area contributed by atoms with Crippen LogP contribution in [0.1, 0.15) is 41.0 Å². The van der Waals surface area contributed by atoms with E-state index in [0.717, 1.165) is 29.7 Å². The van der Waals surface area contributed by atoms with E-state index in [2.05, 4.69) is 24.1 Å². The van der Waals surface area contributed by atoms with Crippen molar-refractivity contribution in [3.05, 3.63) is 58.9 Å². The predicted octanol–water partition coefficient (Wildman–Crippen LogP) is 2.92. The van der Waals surface area contributed by atoms with Gasteiger partial charge in [0.15, 0.2) is 0 Å². The number of hydrogen-bond donors (Lipinski definition) is 2. The van der Waals surface area contributed by atoms with E-state index in [1.54, 1.807) is 18.3 Å². The second kappa shape index (κ2) is 6.99. The highest BCUT2D eigenvalue weighted by Crippen LogP contribution is 2.23. The largest absolute Gasteiger partial charge is 0.325 e. The fourth-order valence-corrected chi connectivity index (χ4v) is 2.32. The van der Waals surface area contributed by atoms with Gasteiger partial charge in [0.05, 0.1) is 5.69 Å². The van der Waals surface area contributed by atoms with Crippen molar-refractivity contribution < 1.29 is 4.79 Å². The molecular formula is C17H21N3O. The molecule has 0 aliphatic rings. The van der Waals surface area contributed by atoms with Crippen molar-refractivity contribution in [3.63, 3.8) is 0 Å². The lowest BCUT2D eigenvalue weighted by atomic mass is 10.0. The number of amides is 1. The Kier molecular flexibility index (Phi) is 5.06. The van der Waals surface area contributed by atoms with Crippen LogP contribution >= 0.6 is 0 Å². The summed E-state index contributed by atoms with van der Waals surface area (Å²) in [5.41, 5.74) is 10.1. The molecule has 0 aliphatic heterocycles. The Morgan fingerprint density at radius 3 is 2.43 bits per heavy atom. The van der Waals surface area contributed by atoms with Crippen molar-refractivity contribution in [1.29, 1.82) is 0 Å². The minimum atomic E-state index is -0.122. The summed E-state index contributed by atoms with van der Waals surface area (Å²) < 4.78 is 0. The lowest BCUT2D eigenvalue weighted by Crippen LogP contribution is -2.15. The SMILES string of the molecule is CCc1cccc(CC)c1NC(=O)c1ccnc(CN)c1. The molecule has 1 amide bonds. The molecule has 0 saturated carbocycles. The zero-order chi connectivity index (χ0) is 15.2. The first kappa shape index (κ1) is 15.2. The number of anilines is 1. The number of nitrogens with zero attached hydrogens (tertiary/aromatic N) is 1. The average molecular weight is 283 g/mol. The molecule has 0 fully saturated rings. The molecule has 1 aromatic carbocycles. The molecule has 3 N–H and O–H groups in total. The van der Waals surface area contributed by atoms with Gasteiger partial charge in [-0.25, -0.2) is 0 Å². The summed E-state index contributed by atoms with van der Waals surface area (Å²) in [6.07, 6.45) is 3.38. The Balaban J connectivity index is 2.30. The fourth-order valence-electron chi connectivity index (χ4n) is 2.32. The van der Waals surface area contributed by atoms with Crippen LogP contribution in [0.3, 0.4) is 0 Å². The van der Waals surface area contributed by atoms with Gasteiger partial charge in [-0.3, -0.25) is 9.78 Å². The summed E-state index contributed by atoms with van der Waals surface area (Å²) in [5, 5.41) is 3.04. The maximum Gasteiger partial charge on any atom is 0.255 e. The maximum atomic E-state index is 12.4. The number of aromatic nitrogens is 1. The monoisotopic (exact) mass is 283 g/mol. The first-order chi connectivity index (χ1) is 10.2. The zero-order valence-electron chi connectivity index (χ0n) is 12.5. The molecule has 2 rings (SSSR count). The molecule has 0 spiro atoms. The molecule has 0 atom stereocenters. The number of carbonyl (C=O) groups is 1. The number of nitrogens with one attached hydrogen (secondary N) is 1. The van der Waals surface area contributed by atoms with Gasteiger partial charge in [0, 0.05) is 24.0 Å². The van der Waals surface area contributed by atoms with Gasteiger partial charge in [0.2, 0.25) is 0 Å². The number of nitrogens with two attached hydrogens (primary N) is 1. The third-order valence-electron chi connectivity index (χ3n) is 3.53. The zero-order valence-corrected chi connectivity index (χ0v) is 12.5. The standard InChI is InChI=1S/C17H21N3O/c1-3-12-6-5-7-13(4-2)16(12)20-17(21)14-8-9-19-15(10-14)11-18/h5-10H,3-4,11,18H2,1-2H3,(H,20,21). The van der Waals surface area contributed by atoms with Crippen LogP contribution in [0.2, 0.25) is 0 Å². The Morgan fingerprint density at radius 2 is 1.86 bits per heavy atom. The summed E-state index contributed by atoms with van der Waals surface area (Å²) in [6.45, 7) is 4.50. The Labute approximate surface area is 125 Å². The number of benzene rings is 1. The maximum absolute atomic E-state index is 12.4. The highest BCUT2D eigenvalue weighted by atomic mass is 16.1. The highest BCUT2D eigenvalue weighted by molar-refractivity contribution is 6.05. The third kappa shape index (κ3) is 3.47. The molecule has 0 radical (unpaired) electrons. The molecule has 0 unspecified atom stereocenters. The van der Waals surface area contributed by atoms with Gasteiger partial charge in [0.1, 0.15) is 0 Å². The van der Waals surface area contributed by atoms with Crippen LogP contribution in [0.4, 0.5) is 5.69 Å². The molecule has 4 nitrogen and oxygen atoms in total. The van der Waals surface area contributed by atoms with E-state index in [0.29, 0.717) is 17.8 Å². The fraction of sp³-hybridized carbons (Fsp3) is 0.294. The molecule has 0 aliphatic carbocycles. The normalized spacial score (nSPS) is 10.4. The van der Waals surface area contributed by atoms with Crippen LogP contribution in [0.5, 0.6) is 0 Å². The number of rotatable bonds is 5. The molecule has 0 bridgehead atoms. The van der Waals surface area contributed by atoms with Gasteiger partial charge in [0.25, 0.3) is 5.91 Å². The van der Waals surface area contributed by atoms with E-state index in [1.807, 2.05) is 18.2 Å². The van der Waals surface area contributed by atoms with Crippen molar-refractivity contribution in [2.24, 2.45) is 5.73 Å². The van der Waals surface area contributed by atoms with Crippen LogP contribution < -0.4 is 11.1 Å². The number of para-hydroxylation sites is 1. The van der Waals surface area contributed by atoms with Gasteiger partial charge >= 0.3 is 0 Å². The highest BCUT2D eigenvalue weighted by Gasteiger charge is 2.12. The van der Waals surface area contributed by atoms with Gasteiger partial charge in [-0.15, -0.1) is 0 Å². The average Bonchev–Trinajstić information content (AvgIpc) is 2.54. The van der Waals surface area contributed by atoms with Crippen molar-refractivity contribution in [2.45, 2.75) is 33.2 Å². The summed E-state index contributed by atoms with van der Waals surface area (Å²) in [7, 11) is 0. The van der Waals surface area contributed by atoms with E-state index < -0.39 is 0 Å². The van der Waals surface area contributed by atoms with Crippen molar-refractivity contribution in [2.75, 3.05) is 5.32 Å². The minimum absolute atomic E-state index is 0.122. The summed E-state index contributed by atoms with van der Waals surface area (Å²) in [5.74, 6) is -0.122. The van der Waals surface area contributed by atoms with Gasteiger partial charge < -0.3 is 11.1 Å². The summed E-state index contributed by atoms with van der Waals surface area (Å²) >= 11 is 0. The van der Waals surface area contributed by atoms with E-state index in [-0.39, 0.29) is 5.91 Å². The van der Waals surface area contributed by atoms with E-state index >= 15 is 0 Å². The minimum Gasteiger partial charge on any atom is -0.325 e. The van der Waals surface area contributed by atoms with Gasteiger partial charge in [-0.2, -0.15) is 0 Å². The van der Waals surface area contributed by atoms with E-state index in [1.165, 1.54) is 0 Å². The third-order valence-corrected chi connectivity index (χ3v) is 3.53. The van der Waals surface area contributed by atoms with Gasteiger partial charge in [-0.1, -0.05) is 32.0 Å². The smallest absolute Gasteiger partial charge is 0.255 e. The van der Waals surface area contributed by atoms with Crippen LogP contribution in [0.15, 0.2) is 36.5 Å². The van der Waals surface area contributed by atoms with Crippen LogP contribution in [-0.2, 0) is 19.4 Å². The topological polar surface area (TPSA) is 68.0 Å². The Bertz CT molecular complexity index is 615. The molecule has 1 heterocycles. The quantitative estimate of drug-likeness (QED) is 0.886. The molecule has 110 valence electrons. The predicted molar refractivity (Wildman–Crippen MR) is 85.3 cm³/mol. The molecular weight excluding hydrogens is 262 g/mol. The van der Waals surface area contributed by atoms with E-state index in [4.69, 9.17) is 5.73 Å². The lowest BCUT2D eigenvalue weighted by Gasteiger charge is -2.14. The van der Waals surface area contributed by atoms with Crippen LogP contribution in [0, 0.1) is 0 Å². The van der Waals surface area contributed by atoms with Crippen LogP contribution in [0.25, 0.3) is 0 Å². The van der Waals surface area contributed by atoms with Crippen LogP contribution in [-0.4, -0.2) is 10.9 Å². The molecule has 4 heteroatoms. The summed E-state index contributed by atoms with van der Waals surface area (Å²) in [4.78, 5) is 16.5. The lowest BCUT2D eigenvalue weighted by molar-refractivity contribution is 0.102. The number of carbonyl (C=O) groups excluding carboxylic acids is 1. The molecule has 21 heavy (non-hydrogen) atoms. The summed E-state index contributed by atoms with van der Waals surface area (Å²) in [6, 6.07) is 9.57. The second-order valence-corrected chi connectivity index (χ2v) is 4.85. The number of pyridine rings is 1. The molecule has 2 aromatic rings. The molecule has 0 saturated heterocycles. The van der Waals surface area contributed by atoms with Gasteiger partial charge in [-0.05, 0) is 36.1 Å². The van der Waals surface area contributed by atoms with Crippen molar-refractivity contribution in [1.82, 2.24) is 4.98 Å². The molecule has 1 aromatic heterocycles. The van der Waals surface area contributed by atoms with Crippen molar-refractivity contribution >= 4 is 11.6 Å². The first-order valence-electron chi connectivity index (χ1n) is 7.26.